The summed E-state index contributed by atoms with van der Waals surface area (Å²) in [5, 5.41) is 0. The highest BCUT2D eigenvalue weighted by Crippen LogP contribution is 2.43. The number of nitrogens with two attached hydrogens (primary N) is 1. The Kier molecular flexibility index (Phi) is 1.99. The Bertz CT molecular complexity index is 262. The summed E-state index contributed by atoms with van der Waals surface area (Å²) in [4.78, 5) is 23.0. The standard InChI is InChI=1S/C10H15NO2/c1-2-5-6-3-4-7(11)8(5)10(13)9(6)12/h5-8H,2-4,11H2,1H3. The van der Waals surface area contributed by atoms with Crippen LogP contribution in [0.4, 0.5) is 0 Å². The van der Waals surface area contributed by atoms with Gasteiger partial charge in [0.2, 0.25) is 11.6 Å². The summed E-state index contributed by atoms with van der Waals surface area (Å²) >= 11 is 0. The monoisotopic (exact) mass is 181 g/mol. The van der Waals surface area contributed by atoms with Crippen molar-refractivity contribution in [3.63, 3.8) is 0 Å². The second kappa shape index (κ2) is 2.91. The quantitative estimate of drug-likeness (QED) is 0.600. The molecule has 0 amide bonds. The molecule has 0 heterocycles. The van der Waals surface area contributed by atoms with Gasteiger partial charge >= 0.3 is 0 Å². The van der Waals surface area contributed by atoms with Gasteiger partial charge in [0.15, 0.2) is 0 Å². The lowest BCUT2D eigenvalue weighted by molar-refractivity contribution is -0.136. The minimum Gasteiger partial charge on any atom is -0.327 e. The molecule has 4 atom stereocenters. The molecule has 4 unspecified atom stereocenters. The average Bonchev–Trinajstić information content (AvgIpc) is 2.31. The van der Waals surface area contributed by atoms with Crippen LogP contribution in [0.3, 0.4) is 0 Å². The highest BCUT2D eigenvalue weighted by atomic mass is 16.2. The zero-order chi connectivity index (χ0) is 9.59. The number of hydrogen-bond donors (Lipinski definition) is 1. The van der Waals surface area contributed by atoms with Crippen molar-refractivity contribution in [3.05, 3.63) is 0 Å². The first-order valence-electron chi connectivity index (χ1n) is 5.00. The maximum atomic E-state index is 11.5. The van der Waals surface area contributed by atoms with E-state index in [1.165, 1.54) is 0 Å². The Morgan fingerprint density at radius 3 is 2.54 bits per heavy atom. The van der Waals surface area contributed by atoms with Crippen molar-refractivity contribution in [2.45, 2.75) is 32.2 Å². The van der Waals surface area contributed by atoms with Gasteiger partial charge in [0.05, 0.1) is 0 Å². The zero-order valence-electron chi connectivity index (χ0n) is 7.82. The Labute approximate surface area is 77.7 Å². The van der Waals surface area contributed by atoms with Crippen molar-refractivity contribution in [1.82, 2.24) is 0 Å². The van der Waals surface area contributed by atoms with Crippen molar-refractivity contribution in [2.24, 2.45) is 23.5 Å². The Morgan fingerprint density at radius 2 is 2.00 bits per heavy atom. The van der Waals surface area contributed by atoms with Crippen LogP contribution in [0.1, 0.15) is 26.2 Å². The number of ketones is 2. The largest absolute Gasteiger partial charge is 0.327 e. The lowest BCUT2D eigenvalue weighted by atomic mass is 9.74. The molecule has 0 aliphatic heterocycles. The maximum Gasteiger partial charge on any atom is 0.203 e. The van der Waals surface area contributed by atoms with Crippen LogP contribution in [0.2, 0.25) is 0 Å². The minimum absolute atomic E-state index is 0.00213. The van der Waals surface area contributed by atoms with E-state index in [0.29, 0.717) is 0 Å². The van der Waals surface area contributed by atoms with Gasteiger partial charge in [0.1, 0.15) is 0 Å². The number of Topliss-reactive ketones (excluding diaryl/α,β-unsaturated/α-hetero) is 2. The predicted octanol–water partition coefficient (Wildman–Crippen LogP) is 0.518. The summed E-state index contributed by atoms with van der Waals surface area (Å²) in [5.41, 5.74) is 5.86. The lowest BCUT2D eigenvalue weighted by Gasteiger charge is -2.31. The fourth-order valence-electron chi connectivity index (χ4n) is 2.93. The van der Waals surface area contributed by atoms with E-state index in [9.17, 15) is 9.59 Å². The van der Waals surface area contributed by atoms with Gasteiger partial charge in [-0.15, -0.1) is 0 Å². The lowest BCUT2D eigenvalue weighted by Crippen LogP contribution is -2.40. The molecule has 0 aromatic heterocycles. The number of fused-ring (bicyclic) bond motifs is 2. The highest BCUT2D eigenvalue weighted by molar-refractivity contribution is 6.41. The van der Waals surface area contributed by atoms with E-state index in [-0.39, 0.29) is 35.4 Å². The van der Waals surface area contributed by atoms with Crippen LogP contribution < -0.4 is 5.73 Å². The molecular formula is C10H15NO2. The Balaban J connectivity index is 2.34. The maximum absolute atomic E-state index is 11.5. The van der Waals surface area contributed by atoms with Gasteiger partial charge in [-0.3, -0.25) is 9.59 Å². The van der Waals surface area contributed by atoms with Gasteiger partial charge < -0.3 is 5.73 Å². The van der Waals surface area contributed by atoms with Crippen molar-refractivity contribution in [3.8, 4) is 0 Å². The summed E-state index contributed by atoms with van der Waals surface area (Å²) in [6.07, 6.45) is 2.56. The van der Waals surface area contributed by atoms with Crippen LogP contribution in [0.5, 0.6) is 0 Å². The molecule has 2 fully saturated rings. The van der Waals surface area contributed by atoms with Gasteiger partial charge in [-0.05, 0) is 18.8 Å². The van der Waals surface area contributed by atoms with Crippen LogP contribution in [-0.4, -0.2) is 17.6 Å². The third kappa shape index (κ3) is 1.06. The van der Waals surface area contributed by atoms with Gasteiger partial charge in [-0.25, -0.2) is 0 Å². The summed E-state index contributed by atoms with van der Waals surface area (Å²) in [6.45, 7) is 2.04. The van der Waals surface area contributed by atoms with Crippen LogP contribution in [0.25, 0.3) is 0 Å². The molecule has 2 rings (SSSR count). The van der Waals surface area contributed by atoms with E-state index in [4.69, 9.17) is 5.73 Å². The third-order valence-corrected chi connectivity index (χ3v) is 3.60. The summed E-state index contributed by atoms with van der Waals surface area (Å²) < 4.78 is 0. The zero-order valence-corrected chi connectivity index (χ0v) is 7.82. The molecule has 2 bridgehead atoms. The molecule has 0 spiro atoms. The molecule has 2 saturated carbocycles. The first-order valence-corrected chi connectivity index (χ1v) is 5.00. The van der Waals surface area contributed by atoms with E-state index in [0.717, 1.165) is 19.3 Å². The first-order chi connectivity index (χ1) is 6.16. The van der Waals surface area contributed by atoms with Crippen molar-refractivity contribution < 1.29 is 9.59 Å². The first kappa shape index (κ1) is 8.88. The van der Waals surface area contributed by atoms with E-state index in [2.05, 4.69) is 0 Å². The topological polar surface area (TPSA) is 60.2 Å². The van der Waals surface area contributed by atoms with Gasteiger partial charge in [0, 0.05) is 17.9 Å². The summed E-state index contributed by atoms with van der Waals surface area (Å²) in [6, 6.07) is -0.0693. The van der Waals surface area contributed by atoms with Gasteiger partial charge in [-0.2, -0.15) is 0 Å². The highest BCUT2D eigenvalue weighted by Gasteiger charge is 2.53. The fourth-order valence-corrected chi connectivity index (χ4v) is 2.93. The number of hydrogen-bond acceptors (Lipinski definition) is 3. The van der Waals surface area contributed by atoms with E-state index in [1.807, 2.05) is 6.92 Å². The van der Waals surface area contributed by atoms with Crippen LogP contribution >= 0.6 is 0 Å². The van der Waals surface area contributed by atoms with Crippen LogP contribution in [0, 0.1) is 17.8 Å². The summed E-state index contributed by atoms with van der Waals surface area (Å²) in [5.74, 6) is -0.256. The molecule has 2 aliphatic rings. The van der Waals surface area contributed by atoms with Crippen molar-refractivity contribution >= 4 is 11.6 Å². The molecule has 0 aromatic carbocycles. The number of carbonyl (C=O) groups excluding carboxylic acids is 2. The second-order valence-corrected chi connectivity index (χ2v) is 4.17. The minimum atomic E-state index is -0.193. The Morgan fingerprint density at radius 1 is 1.31 bits per heavy atom. The SMILES string of the molecule is CCC1C2CCC(N)C1C(=O)C2=O. The van der Waals surface area contributed by atoms with Crippen LogP contribution in [0.15, 0.2) is 0 Å². The Hall–Kier alpha value is -0.700. The van der Waals surface area contributed by atoms with E-state index < -0.39 is 0 Å². The molecule has 2 aliphatic carbocycles. The van der Waals surface area contributed by atoms with Crippen molar-refractivity contribution in [1.29, 1.82) is 0 Å². The fraction of sp³-hybridized carbons (Fsp3) is 0.800. The molecule has 13 heavy (non-hydrogen) atoms. The molecule has 2 N–H and O–H groups in total. The molecule has 0 radical (unpaired) electrons. The summed E-state index contributed by atoms with van der Waals surface area (Å²) in [7, 11) is 0. The van der Waals surface area contributed by atoms with E-state index >= 15 is 0 Å². The normalized spacial score (nSPS) is 44.2. The molecule has 0 aromatic rings. The van der Waals surface area contributed by atoms with Crippen LogP contribution in [-0.2, 0) is 9.59 Å². The number of carbonyl (C=O) groups is 2. The molecule has 72 valence electrons. The average molecular weight is 181 g/mol. The third-order valence-electron chi connectivity index (χ3n) is 3.60. The molecular weight excluding hydrogens is 166 g/mol. The second-order valence-electron chi connectivity index (χ2n) is 4.17. The molecule has 0 saturated heterocycles. The van der Waals surface area contributed by atoms with Gasteiger partial charge in [0.25, 0.3) is 0 Å². The molecule has 3 heteroatoms. The van der Waals surface area contributed by atoms with Gasteiger partial charge in [-0.1, -0.05) is 13.3 Å². The van der Waals surface area contributed by atoms with Crippen molar-refractivity contribution in [2.75, 3.05) is 0 Å². The van der Waals surface area contributed by atoms with E-state index in [1.54, 1.807) is 0 Å². The molecule has 3 nitrogen and oxygen atoms in total. The predicted molar refractivity (Wildman–Crippen MR) is 48.0 cm³/mol. The number of rotatable bonds is 1. The smallest absolute Gasteiger partial charge is 0.203 e.